The zero-order chi connectivity index (χ0) is 22.2. The molecule has 0 aliphatic rings. The molecule has 31 heavy (non-hydrogen) atoms. The standard InChI is InChI=1S/C23H23ClN4O2S/c1-3-4-5-12-31-20-13-18(9-6-15(20)2)26-21-19(24)14-25-23(28-21)27-17-10-7-16(8-11-17)22(29)30/h5-14H,3-4H2,1-2H3,(H,29,30)(H2,25,26,27,28). The van der Waals surface area contributed by atoms with Crippen LogP contribution in [-0.2, 0) is 0 Å². The molecule has 1 aromatic heterocycles. The predicted octanol–water partition coefficient (Wildman–Crippen LogP) is 7.03. The van der Waals surface area contributed by atoms with Crippen LogP contribution in [-0.4, -0.2) is 21.0 Å². The van der Waals surface area contributed by atoms with Crippen molar-refractivity contribution < 1.29 is 9.90 Å². The number of aromatic nitrogens is 2. The minimum absolute atomic E-state index is 0.211. The van der Waals surface area contributed by atoms with Crippen molar-refractivity contribution in [3.8, 4) is 0 Å². The highest BCUT2D eigenvalue weighted by Gasteiger charge is 2.09. The minimum Gasteiger partial charge on any atom is -0.478 e. The van der Waals surface area contributed by atoms with E-state index in [2.05, 4.69) is 58.1 Å². The molecule has 0 amide bonds. The second-order valence-electron chi connectivity index (χ2n) is 6.78. The smallest absolute Gasteiger partial charge is 0.335 e. The number of nitrogens with zero attached hydrogens (tertiary/aromatic N) is 2. The lowest BCUT2D eigenvalue weighted by Crippen LogP contribution is -2.02. The molecule has 0 atom stereocenters. The number of anilines is 4. The van der Waals surface area contributed by atoms with Gasteiger partial charge in [0, 0.05) is 16.3 Å². The van der Waals surface area contributed by atoms with Gasteiger partial charge in [0.05, 0.1) is 11.8 Å². The van der Waals surface area contributed by atoms with E-state index >= 15 is 0 Å². The Labute approximate surface area is 190 Å². The van der Waals surface area contributed by atoms with Gasteiger partial charge in [-0.15, -0.1) is 0 Å². The summed E-state index contributed by atoms with van der Waals surface area (Å²) >= 11 is 7.98. The highest BCUT2D eigenvalue weighted by atomic mass is 35.5. The summed E-state index contributed by atoms with van der Waals surface area (Å²) in [7, 11) is 0. The average molecular weight is 455 g/mol. The first-order valence-electron chi connectivity index (χ1n) is 9.78. The molecule has 3 rings (SSSR count). The van der Waals surface area contributed by atoms with Crippen LogP contribution in [0.3, 0.4) is 0 Å². The van der Waals surface area contributed by atoms with Gasteiger partial charge >= 0.3 is 5.97 Å². The molecule has 0 radical (unpaired) electrons. The Hall–Kier alpha value is -3.03. The molecule has 3 aromatic rings. The van der Waals surface area contributed by atoms with Crippen molar-refractivity contribution in [1.29, 1.82) is 0 Å². The molecule has 0 bridgehead atoms. The van der Waals surface area contributed by atoms with Gasteiger partial charge in [-0.25, -0.2) is 9.78 Å². The number of aryl methyl sites for hydroxylation is 1. The van der Waals surface area contributed by atoms with E-state index in [0.717, 1.165) is 23.4 Å². The first-order valence-corrected chi connectivity index (χ1v) is 11.0. The van der Waals surface area contributed by atoms with Crippen molar-refractivity contribution in [2.45, 2.75) is 31.6 Å². The summed E-state index contributed by atoms with van der Waals surface area (Å²) in [5, 5.41) is 17.8. The zero-order valence-electron chi connectivity index (χ0n) is 17.2. The third-order valence-corrected chi connectivity index (χ3v) is 5.63. The maximum Gasteiger partial charge on any atom is 0.335 e. The van der Waals surface area contributed by atoms with Crippen LogP contribution in [0.1, 0.15) is 35.7 Å². The molecule has 6 nitrogen and oxygen atoms in total. The van der Waals surface area contributed by atoms with Gasteiger partial charge in [0.2, 0.25) is 5.95 Å². The Balaban J connectivity index is 1.75. The van der Waals surface area contributed by atoms with Gasteiger partial charge < -0.3 is 15.7 Å². The van der Waals surface area contributed by atoms with Crippen molar-refractivity contribution in [2.75, 3.05) is 10.6 Å². The van der Waals surface area contributed by atoms with Crippen molar-refractivity contribution in [2.24, 2.45) is 0 Å². The molecule has 8 heteroatoms. The van der Waals surface area contributed by atoms with Crippen molar-refractivity contribution >= 4 is 52.5 Å². The summed E-state index contributed by atoms with van der Waals surface area (Å²) in [5.74, 6) is -0.154. The number of thioether (sulfide) groups is 1. The Morgan fingerprint density at radius 2 is 1.90 bits per heavy atom. The summed E-state index contributed by atoms with van der Waals surface area (Å²) in [6, 6.07) is 12.4. The number of benzene rings is 2. The molecule has 0 saturated heterocycles. The van der Waals surface area contributed by atoms with Crippen LogP contribution in [0.2, 0.25) is 5.02 Å². The normalized spacial score (nSPS) is 10.9. The van der Waals surface area contributed by atoms with E-state index in [1.807, 2.05) is 6.07 Å². The fourth-order valence-electron chi connectivity index (χ4n) is 2.64. The van der Waals surface area contributed by atoms with E-state index in [4.69, 9.17) is 16.7 Å². The number of nitrogens with one attached hydrogen (secondary N) is 2. The van der Waals surface area contributed by atoms with Gasteiger partial charge in [-0.3, -0.25) is 0 Å². The zero-order valence-corrected chi connectivity index (χ0v) is 18.8. The van der Waals surface area contributed by atoms with Gasteiger partial charge in [0.25, 0.3) is 0 Å². The highest BCUT2D eigenvalue weighted by Crippen LogP contribution is 2.30. The Bertz CT molecular complexity index is 1090. The molecule has 0 unspecified atom stereocenters. The SMILES string of the molecule is CCCC=CSc1cc(Nc2nc(Nc3ccc(C(=O)O)cc3)ncc2Cl)ccc1C. The van der Waals surface area contributed by atoms with Gasteiger partial charge in [-0.1, -0.05) is 48.8 Å². The summed E-state index contributed by atoms with van der Waals surface area (Å²) in [4.78, 5) is 20.8. The number of carbonyl (C=O) groups is 1. The number of carboxylic acids is 1. The largest absolute Gasteiger partial charge is 0.478 e. The molecule has 0 fully saturated rings. The van der Waals surface area contributed by atoms with Crippen LogP contribution in [0.5, 0.6) is 0 Å². The van der Waals surface area contributed by atoms with E-state index < -0.39 is 5.97 Å². The summed E-state index contributed by atoms with van der Waals surface area (Å²) in [5.41, 5.74) is 2.95. The lowest BCUT2D eigenvalue weighted by Gasteiger charge is -2.12. The first kappa shape index (κ1) is 22.7. The number of carboxylic acid groups (broad SMARTS) is 1. The van der Waals surface area contributed by atoms with E-state index in [1.165, 1.54) is 23.9 Å². The number of allylic oxidation sites excluding steroid dienone is 1. The summed E-state index contributed by atoms with van der Waals surface area (Å²) in [6.45, 7) is 4.24. The van der Waals surface area contributed by atoms with Crippen LogP contribution >= 0.6 is 23.4 Å². The van der Waals surface area contributed by atoms with Crippen LogP contribution in [0.25, 0.3) is 0 Å². The minimum atomic E-state index is -0.975. The molecule has 3 N–H and O–H groups in total. The molecule has 160 valence electrons. The molecule has 0 spiro atoms. The third kappa shape index (κ3) is 6.47. The van der Waals surface area contributed by atoms with E-state index in [-0.39, 0.29) is 5.56 Å². The number of unbranched alkanes of at least 4 members (excludes halogenated alkanes) is 1. The Morgan fingerprint density at radius 3 is 2.61 bits per heavy atom. The maximum atomic E-state index is 11.0. The van der Waals surface area contributed by atoms with Crippen molar-refractivity contribution in [1.82, 2.24) is 9.97 Å². The van der Waals surface area contributed by atoms with Gasteiger partial charge in [-0.2, -0.15) is 4.98 Å². The Morgan fingerprint density at radius 1 is 1.16 bits per heavy atom. The number of hydrogen-bond acceptors (Lipinski definition) is 6. The summed E-state index contributed by atoms with van der Waals surface area (Å²) in [6.07, 6.45) is 5.88. The summed E-state index contributed by atoms with van der Waals surface area (Å²) < 4.78 is 0. The van der Waals surface area contributed by atoms with E-state index in [9.17, 15) is 4.79 Å². The molecular formula is C23H23ClN4O2S. The quantitative estimate of drug-likeness (QED) is 0.299. The number of hydrogen-bond donors (Lipinski definition) is 3. The lowest BCUT2D eigenvalue weighted by atomic mass is 10.2. The number of aromatic carboxylic acids is 1. The average Bonchev–Trinajstić information content (AvgIpc) is 2.76. The second-order valence-corrected chi connectivity index (χ2v) is 8.14. The molecule has 0 saturated carbocycles. The van der Waals surface area contributed by atoms with Crippen LogP contribution in [0.15, 0.2) is 65.0 Å². The monoisotopic (exact) mass is 454 g/mol. The fraction of sp³-hybridized carbons (Fsp3) is 0.174. The van der Waals surface area contributed by atoms with Gasteiger partial charge in [0.15, 0.2) is 5.82 Å². The predicted molar refractivity (Wildman–Crippen MR) is 128 cm³/mol. The molecule has 1 heterocycles. The lowest BCUT2D eigenvalue weighted by molar-refractivity contribution is 0.0697. The Kier molecular flexibility index (Phi) is 7.92. The molecule has 2 aromatic carbocycles. The molecular weight excluding hydrogens is 432 g/mol. The topological polar surface area (TPSA) is 87.1 Å². The highest BCUT2D eigenvalue weighted by molar-refractivity contribution is 8.02. The van der Waals surface area contributed by atoms with Crippen molar-refractivity contribution in [3.63, 3.8) is 0 Å². The number of rotatable bonds is 9. The van der Waals surface area contributed by atoms with Crippen LogP contribution in [0, 0.1) is 6.92 Å². The molecule has 0 aliphatic heterocycles. The second kappa shape index (κ2) is 10.8. The molecule has 0 aliphatic carbocycles. The van der Waals surface area contributed by atoms with Crippen LogP contribution < -0.4 is 10.6 Å². The van der Waals surface area contributed by atoms with Crippen molar-refractivity contribution in [3.05, 3.63) is 76.3 Å². The number of halogens is 1. The fourth-order valence-corrected chi connectivity index (χ4v) is 3.60. The van der Waals surface area contributed by atoms with Gasteiger partial charge in [-0.05, 0) is 60.7 Å². The van der Waals surface area contributed by atoms with Crippen LogP contribution in [0.4, 0.5) is 23.1 Å². The van der Waals surface area contributed by atoms with Gasteiger partial charge in [0.1, 0.15) is 5.02 Å². The first-order chi connectivity index (χ1) is 15.0. The maximum absolute atomic E-state index is 11.0. The van der Waals surface area contributed by atoms with E-state index in [0.29, 0.717) is 22.5 Å². The third-order valence-electron chi connectivity index (χ3n) is 4.33. The van der Waals surface area contributed by atoms with E-state index in [1.54, 1.807) is 23.9 Å².